The first-order chi connectivity index (χ1) is 6.72. The van der Waals surface area contributed by atoms with Gasteiger partial charge in [0.25, 0.3) is 0 Å². The van der Waals surface area contributed by atoms with E-state index >= 15 is 0 Å². The highest BCUT2D eigenvalue weighted by Crippen LogP contribution is 2.10. The minimum absolute atomic E-state index is 0.548. The Morgan fingerprint density at radius 2 is 2.21 bits per heavy atom. The summed E-state index contributed by atoms with van der Waals surface area (Å²) < 4.78 is 5.52. The Labute approximate surface area is 85.5 Å². The van der Waals surface area contributed by atoms with Crippen LogP contribution in [-0.2, 0) is 6.54 Å². The number of pyridine rings is 1. The molecule has 1 rings (SSSR count). The molecule has 1 aromatic heterocycles. The first kappa shape index (κ1) is 11.0. The molecular formula is C11H18N2O. The second kappa shape index (κ2) is 5.60. The number of nitrogens with one attached hydrogen (secondary N) is 1. The van der Waals surface area contributed by atoms with Gasteiger partial charge < -0.3 is 10.1 Å². The largest absolute Gasteiger partial charge is 0.492 e. The monoisotopic (exact) mass is 194 g/mol. The number of rotatable bonds is 5. The van der Waals surface area contributed by atoms with Crippen molar-refractivity contribution in [3.05, 3.63) is 24.0 Å². The topological polar surface area (TPSA) is 34.1 Å². The van der Waals surface area contributed by atoms with Gasteiger partial charge in [0.05, 0.1) is 18.5 Å². The molecule has 1 heterocycles. The maximum Gasteiger partial charge on any atom is 0.137 e. The van der Waals surface area contributed by atoms with Gasteiger partial charge in [-0.25, -0.2) is 0 Å². The van der Waals surface area contributed by atoms with E-state index in [2.05, 4.69) is 24.1 Å². The van der Waals surface area contributed by atoms with Crippen molar-refractivity contribution < 1.29 is 4.74 Å². The van der Waals surface area contributed by atoms with Crippen LogP contribution in [0.3, 0.4) is 0 Å². The summed E-state index contributed by atoms with van der Waals surface area (Å²) in [5, 5.41) is 3.05. The summed E-state index contributed by atoms with van der Waals surface area (Å²) in [6.07, 6.45) is 1.77. The number of ether oxygens (including phenoxy) is 1. The van der Waals surface area contributed by atoms with Crippen LogP contribution in [0.25, 0.3) is 0 Å². The van der Waals surface area contributed by atoms with Crippen molar-refractivity contribution in [2.24, 2.45) is 5.92 Å². The van der Waals surface area contributed by atoms with Gasteiger partial charge in [0.15, 0.2) is 0 Å². The highest BCUT2D eigenvalue weighted by Gasteiger charge is 1.98. The third-order valence-electron chi connectivity index (χ3n) is 1.74. The van der Waals surface area contributed by atoms with E-state index < -0.39 is 0 Å². The quantitative estimate of drug-likeness (QED) is 0.776. The van der Waals surface area contributed by atoms with E-state index in [-0.39, 0.29) is 0 Å². The van der Waals surface area contributed by atoms with Gasteiger partial charge in [0, 0.05) is 6.54 Å². The SMILES string of the molecule is CNCc1ccc(OCC(C)C)cn1. The fourth-order valence-corrected chi connectivity index (χ4v) is 1.04. The lowest BCUT2D eigenvalue weighted by molar-refractivity contribution is 0.270. The Bertz CT molecular complexity index is 256. The van der Waals surface area contributed by atoms with Crippen molar-refractivity contribution in [2.75, 3.05) is 13.7 Å². The summed E-state index contributed by atoms with van der Waals surface area (Å²) in [6.45, 7) is 5.79. The predicted octanol–water partition coefficient (Wildman–Crippen LogP) is 1.84. The molecule has 0 bridgehead atoms. The van der Waals surface area contributed by atoms with Gasteiger partial charge in [0.1, 0.15) is 5.75 Å². The van der Waals surface area contributed by atoms with Crippen molar-refractivity contribution in [1.29, 1.82) is 0 Å². The summed E-state index contributed by atoms with van der Waals surface area (Å²) >= 11 is 0. The van der Waals surface area contributed by atoms with Crippen LogP contribution in [0.1, 0.15) is 19.5 Å². The van der Waals surface area contributed by atoms with Crippen LogP contribution in [0.5, 0.6) is 5.75 Å². The molecular weight excluding hydrogens is 176 g/mol. The molecule has 0 aliphatic rings. The van der Waals surface area contributed by atoms with Crippen LogP contribution in [-0.4, -0.2) is 18.6 Å². The van der Waals surface area contributed by atoms with E-state index in [4.69, 9.17) is 4.74 Å². The molecule has 3 nitrogen and oxygen atoms in total. The Morgan fingerprint density at radius 1 is 1.43 bits per heavy atom. The molecule has 0 spiro atoms. The normalized spacial score (nSPS) is 10.6. The zero-order valence-corrected chi connectivity index (χ0v) is 9.08. The zero-order chi connectivity index (χ0) is 10.4. The maximum absolute atomic E-state index is 5.52. The van der Waals surface area contributed by atoms with Crippen molar-refractivity contribution in [3.8, 4) is 5.75 Å². The van der Waals surface area contributed by atoms with Gasteiger partial charge in [-0.2, -0.15) is 0 Å². The molecule has 0 amide bonds. The van der Waals surface area contributed by atoms with Crippen molar-refractivity contribution in [1.82, 2.24) is 10.3 Å². The van der Waals surface area contributed by atoms with Crippen molar-refractivity contribution in [3.63, 3.8) is 0 Å². The standard InChI is InChI=1S/C11H18N2O/c1-9(2)8-14-11-5-4-10(6-12-3)13-7-11/h4-5,7,9,12H,6,8H2,1-3H3. The van der Waals surface area contributed by atoms with Crippen molar-refractivity contribution in [2.45, 2.75) is 20.4 Å². The number of aromatic nitrogens is 1. The average molecular weight is 194 g/mol. The van der Waals surface area contributed by atoms with Gasteiger partial charge in [-0.15, -0.1) is 0 Å². The van der Waals surface area contributed by atoms with Crippen molar-refractivity contribution >= 4 is 0 Å². The molecule has 0 saturated heterocycles. The van der Waals surface area contributed by atoms with E-state index in [1.807, 2.05) is 19.2 Å². The molecule has 1 N–H and O–H groups in total. The molecule has 0 atom stereocenters. The smallest absolute Gasteiger partial charge is 0.137 e. The average Bonchev–Trinajstić information content (AvgIpc) is 2.17. The summed E-state index contributed by atoms with van der Waals surface area (Å²) in [5.74, 6) is 1.39. The van der Waals surface area contributed by atoms with Gasteiger partial charge in [-0.05, 0) is 25.1 Å². The van der Waals surface area contributed by atoms with Gasteiger partial charge in [-0.3, -0.25) is 4.98 Å². The molecule has 0 aliphatic heterocycles. The highest BCUT2D eigenvalue weighted by molar-refractivity contribution is 5.19. The van der Waals surface area contributed by atoms with Gasteiger partial charge in [-0.1, -0.05) is 13.8 Å². The first-order valence-electron chi connectivity index (χ1n) is 4.94. The van der Waals surface area contributed by atoms with Crippen LogP contribution in [0.15, 0.2) is 18.3 Å². The fourth-order valence-electron chi connectivity index (χ4n) is 1.04. The van der Waals surface area contributed by atoms with E-state index in [1.54, 1.807) is 6.20 Å². The molecule has 0 fully saturated rings. The Kier molecular flexibility index (Phi) is 4.40. The molecule has 0 aliphatic carbocycles. The van der Waals surface area contributed by atoms with E-state index in [9.17, 15) is 0 Å². The molecule has 0 radical (unpaired) electrons. The minimum atomic E-state index is 0.548. The molecule has 0 unspecified atom stereocenters. The summed E-state index contributed by atoms with van der Waals surface area (Å²) in [4.78, 5) is 4.26. The van der Waals surface area contributed by atoms with Gasteiger partial charge >= 0.3 is 0 Å². The van der Waals surface area contributed by atoms with Gasteiger partial charge in [0.2, 0.25) is 0 Å². The van der Waals surface area contributed by atoms with E-state index in [0.29, 0.717) is 5.92 Å². The fraction of sp³-hybridized carbons (Fsp3) is 0.545. The zero-order valence-electron chi connectivity index (χ0n) is 9.08. The number of nitrogens with zero attached hydrogens (tertiary/aromatic N) is 1. The van der Waals surface area contributed by atoms with Crippen LogP contribution in [0, 0.1) is 5.92 Å². The Morgan fingerprint density at radius 3 is 2.71 bits per heavy atom. The second-order valence-corrected chi connectivity index (χ2v) is 3.72. The lowest BCUT2D eigenvalue weighted by Gasteiger charge is -2.08. The molecule has 78 valence electrons. The Balaban J connectivity index is 2.46. The molecule has 0 aromatic carbocycles. The number of hydrogen-bond donors (Lipinski definition) is 1. The van der Waals surface area contributed by atoms with E-state index in [1.165, 1.54) is 0 Å². The summed E-state index contributed by atoms with van der Waals surface area (Å²) in [7, 11) is 1.91. The highest BCUT2D eigenvalue weighted by atomic mass is 16.5. The third-order valence-corrected chi connectivity index (χ3v) is 1.74. The van der Waals surface area contributed by atoms with Crippen LogP contribution >= 0.6 is 0 Å². The van der Waals surface area contributed by atoms with Crippen LogP contribution in [0.4, 0.5) is 0 Å². The minimum Gasteiger partial charge on any atom is -0.492 e. The predicted molar refractivity (Wildman–Crippen MR) is 57.3 cm³/mol. The summed E-state index contributed by atoms with van der Waals surface area (Å²) in [5.41, 5.74) is 1.03. The lowest BCUT2D eigenvalue weighted by Crippen LogP contribution is -2.08. The first-order valence-corrected chi connectivity index (χ1v) is 4.94. The second-order valence-electron chi connectivity index (χ2n) is 3.72. The summed E-state index contributed by atoms with van der Waals surface area (Å²) in [6, 6.07) is 3.94. The molecule has 14 heavy (non-hydrogen) atoms. The lowest BCUT2D eigenvalue weighted by atomic mass is 10.2. The number of hydrogen-bond acceptors (Lipinski definition) is 3. The third kappa shape index (κ3) is 3.75. The molecule has 0 saturated carbocycles. The molecule has 1 aromatic rings. The van der Waals surface area contributed by atoms with Crippen LogP contribution < -0.4 is 10.1 Å². The molecule has 3 heteroatoms. The maximum atomic E-state index is 5.52. The Hall–Kier alpha value is -1.09. The van der Waals surface area contributed by atoms with Crippen LogP contribution in [0.2, 0.25) is 0 Å². The van der Waals surface area contributed by atoms with E-state index in [0.717, 1.165) is 24.6 Å².